The predicted octanol–water partition coefficient (Wildman–Crippen LogP) is 3.03. The Morgan fingerprint density at radius 2 is 2.29 bits per heavy atom. The molecule has 2 rings (SSSR count). The van der Waals surface area contributed by atoms with Crippen LogP contribution in [0.4, 0.5) is 15.0 Å². The third-order valence-electron chi connectivity index (χ3n) is 3.17. The van der Waals surface area contributed by atoms with E-state index in [-0.39, 0.29) is 23.8 Å². The number of pyridine rings is 1. The van der Waals surface area contributed by atoms with E-state index >= 15 is 0 Å². The van der Waals surface area contributed by atoms with Gasteiger partial charge in [0.15, 0.2) is 11.6 Å². The number of anilines is 1. The van der Waals surface area contributed by atoms with E-state index in [0.29, 0.717) is 13.1 Å². The highest BCUT2D eigenvalue weighted by Crippen LogP contribution is 2.19. The second kappa shape index (κ2) is 6.28. The van der Waals surface area contributed by atoms with Crippen molar-refractivity contribution in [3.05, 3.63) is 24.1 Å². The lowest BCUT2D eigenvalue weighted by Gasteiger charge is -2.34. The Labute approximate surface area is 124 Å². The first kappa shape index (κ1) is 15.5. The zero-order valence-electron chi connectivity index (χ0n) is 12.7. The number of ether oxygens (including phenoxy) is 1. The van der Waals surface area contributed by atoms with Crippen LogP contribution in [0.1, 0.15) is 33.6 Å². The Hall–Kier alpha value is -1.85. The number of carbonyl (C=O) groups is 1. The molecule has 1 aliphatic heterocycles. The fraction of sp³-hybridized carbons (Fsp3) is 0.600. The second-order valence-electron chi connectivity index (χ2n) is 6.24. The van der Waals surface area contributed by atoms with Gasteiger partial charge in [0.05, 0.1) is 0 Å². The van der Waals surface area contributed by atoms with E-state index < -0.39 is 5.60 Å². The zero-order chi connectivity index (χ0) is 15.5. The van der Waals surface area contributed by atoms with Gasteiger partial charge < -0.3 is 15.0 Å². The molecule has 2 heterocycles. The van der Waals surface area contributed by atoms with Crippen LogP contribution in [0.25, 0.3) is 0 Å². The van der Waals surface area contributed by atoms with Crippen molar-refractivity contribution in [1.82, 2.24) is 9.88 Å². The normalized spacial score (nSPS) is 19.2. The number of nitrogens with zero attached hydrogens (tertiary/aromatic N) is 2. The highest BCUT2D eigenvalue weighted by molar-refractivity contribution is 5.68. The largest absolute Gasteiger partial charge is 0.444 e. The van der Waals surface area contributed by atoms with Gasteiger partial charge in [-0.2, -0.15) is 0 Å². The first-order chi connectivity index (χ1) is 9.85. The monoisotopic (exact) mass is 295 g/mol. The maximum Gasteiger partial charge on any atom is 0.410 e. The van der Waals surface area contributed by atoms with Crippen LogP contribution in [0.15, 0.2) is 18.3 Å². The molecule has 1 amide bonds. The molecule has 116 valence electrons. The lowest BCUT2D eigenvalue weighted by molar-refractivity contribution is 0.0206. The molecule has 0 unspecified atom stereocenters. The molecule has 0 radical (unpaired) electrons. The number of likely N-dealkylation sites (tertiary alicyclic amines) is 1. The molecule has 0 spiro atoms. The third kappa shape index (κ3) is 4.58. The molecule has 1 N–H and O–H groups in total. The van der Waals surface area contributed by atoms with Crippen molar-refractivity contribution in [3.63, 3.8) is 0 Å². The number of hydrogen-bond acceptors (Lipinski definition) is 4. The molecule has 1 saturated heterocycles. The summed E-state index contributed by atoms with van der Waals surface area (Å²) in [5, 5.41) is 3.06. The van der Waals surface area contributed by atoms with Crippen molar-refractivity contribution in [2.24, 2.45) is 0 Å². The van der Waals surface area contributed by atoms with E-state index in [1.165, 1.54) is 6.07 Å². The molecule has 1 fully saturated rings. The molecule has 5 nitrogen and oxygen atoms in total. The highest BCUT2D eigenvalue weighted by atomic mass is 19.1. The van der Waals surface area contributed by atoms with E-state index in [1.54, 1.807) is 17.2 Å². The summed E-state index contributed by atoms with van der Waals surface area (Å²) in [4.78, 5) is 17.7. The average Bonchev–Trinajstić information content (AvgIpc) is 2.40. The number of nitrogens with one attached hydrogen (secondary N) is 1. The Balaban J connectivity index is 1.95. The highest BCUT2D eigenvalue weighted by Gasteiger charge is 2.28. The minimum atomic E-state index is -0.509. The molecule has 0 aromatic carbocycles. The van der Waals surface area contributed by atoms with Crippen LogP contribution in [0.5, 0.6) is 0 Å². The van der Waals surface area contributed by atoms with Gasteiger partial charge in [0.25, 0.3) is 0 Å². The van der Waals surface area contributed by atoms with Crippen molar-refractivity contribution in [2.75, 3.05) is 18.4 Å². The summed E-state index contributed by atoms with van der Waals surface area (Å²) in [5.41, 5.74) is -0.509. The van der Waals surface area contributed by atoms with Crippen LogP contribution in [0, 0.1) is 5.82 Å². The molecule has 1 aliphatic rings. The third-order valence-corrected chi connectivity index (χ3v) is 3.17. The summed E-state index contributed by atoms with van der Waals surface area (Å²) in [6.07, 6.45) is 2.94. The van der Waals surface area contributed by atoms with Gasteiger partial charge in [0.2, 0.25) is 0 Å². The average molecular weight is 295 g/mol. The minimum Gasteiger partial charge on any atom is -0.444 e. The van der Waals surface area contributed by atoms with E-state index in [1.807, 2.05) is 20.8 Å². The topological polar surface area (TPSA) is 54.5 Å². The predicted molar refractivity (Wildman–Crippen MR) is 78.6 cm³/mol. The molecule has 21 heavy (non-hydrogen) atoms. The Morgan fingerprint density at radius 1 is 1.52 bits per heavy atom. The minimum absolute atomic E-state index is 0.0179. The zero-order valence-corrected chi connectivity index (χ0v) is 12.7. The smallest absolute Gasteiger partial charge is 0.410 e. The number of halogens is 1. The maximum absolute atomic E-state index is 13.6. The summed E-state index contributed by atoms with van der Waals surface area (Å²) in [5.74, 6) is -0.152. The van der Waals surface area contributed by atoms with Gasteiger partial charge in [-0.25, -0.2) is 14.2 Å². The summed E-state index contributed by atoms with van der Waals surface area (Å²) in [7, 11) is 0. The number of aromatic nitrogens is 1. The van der Waals surface area contributed by atoms with Gasteiger partial charge in [-0.05, 0) is 45.7 Å². The fourth-order valence-electron chi connectivity index (χ4n) is 2.27. The van der Waals surface area contributed by atoms with Crippen molar-refractivity contribution < 1.29 is 13.9 Å². The first-order valence-corrected chi connectivity index (χ1v) is 7.20. The quantitative estimate of drug-likeness (QED) is 0.911. The first-order valence-electron chi connectivity index (χ1n) is 7.20. The van der Waals surface area contributed by atoms with Crippen LogP contribution >= 0.6 is 0 Å². The molecule has 1 aromatic rings. The maximum atomic E-state index is 13.6. The van der Waals surface area contributed by atoms with E-state index in [4.69, 9.17) is 4.74 Å². The van der Waals surface area contributed by atoms with Crippen molar-refractivity contribution in [1.29, 1.82) is 0 Å². The Kier molecular flexibility index (Phi) is 4.65. The Morgan fingerprint density at radius 3 is 2.95 bits per heavy atom. The second-order valence-corrected chi connectivity index (χ2v) is 6.24. The van der Waals surface area contributed by atoms with Gasteiger partial charge in [-0.1, -0.05) is 0 Å². The van der Waals surface area contributed by atoms with Crippen LogP contribution in [-0.2, 0) is 4.74 Å². The summed E-state index contributed by atoms with van der Waals surface area (Å²) in [6, 6.07) is 2.90. The van der Waals surface area contributed by atoms with Gasteiger partial charge in [-0.15, -0.1) is 0 Å². The van der Waals surface area contributed by atoms with E-state index in [9.17, 15) is 9.18 Å². The molecule has 1 atom stereocenters. The van der Waals surface area contributed by atoms with Crippen molar-refractivity contribution in [2.45, 2.75) is 45.3 Å². The van der Waals surface area contributed by atoms with Crippen LogP contribution in [-0.4, -0.2) is 40.7 Å². The summed E-state index contributed by atoms with van der Waals surface area (Å²) in [6.45, 7) is 6.68. The van der Waals surface area contributed by atoms with Crippen LogP contribution in [0.3, 0.4) is 0 Å². The lowest BCUT2D eigenvalue weighted by Crippen LogP contribution is -2.47. The Bertz CT molecular complexity index is 502. The van der Waals surface area contributed by atoms with Gasteiger partial charge >= 0.3 is 6.09 Å². The molecule has 0 bridgehead atoms. The number of rotatable bonds is 2. The molecule has 6 heteroatoms. The van der Waals surface area contributed by atoms with Crippen LogP contribution in [0.2, 0.25) is 0 Å². The van der Waals surface area contributed by atoms with Crippen LogP contribution < -0.4 is 5.32 Å². The van der Waals surface area contributed by atoms with Crippen molar-refractivity contribution >= 4 is 11.9 Å². The molecule has 0 aliphatic carbocycles. The molecule has 0 saturated carbocycles. The summed E-state index contributed by atoms with van der Waals surface area (Å²) < 4.78 is 19.0. The van der Waals surface area contributed by atoms with E-state index in [2.05, 4.69) is 10.3 Å². The lowest BCUT2D eigenvalue weighted by atomic mass is 10.1. The number of piperidine rings is 1. The SMILES string of the molecule is CC(C)(C)OC(=O)N1CCC[C@@H](Nc2ncccc2F)C1. The van der Waals surface area contributed by atoms with Crippen molar-refractivity contribution in [3.8, 4) is 0 Å². The van der Waals surface area contributed by atoms with Gasteiger partial charge in [-0.3, -0.25) is 0 Å². The molecular formula is C15H22FN3O2. The fourth-order valence-corrected chi connectivity index (χ4v) is 2.27. The molecular weight excluding hydrogens is 273 g/mol. The van der Waals surface area contributed by atoms with Gasteiger partial charge in [0.1, 0.15) is 5.60 Å². The standard InChI is InChI=1S/C15H22FN3O2/c1-15(2,3)21-14(20)19-9-5-6-11(10-19)18-13-12(16)7-4-8-17-13/h4,7-8,11H,5-6,9-10H2,1-3H3,(H,17,18)/t11-/m1/s1. The number of hydrogen-bond donors (Lipinski definition) is 1. The number of amides is 1. The summed E-state index contributed by atoms with van der Waals surface area (Å²) >= 11 is 0. The van der Waals surface area contributed by atoms with E-state index in [0.717, 1.165) is 12.8 Å². The molecule has 1 aromatic heterocycles. The number of carbonyl (C=O) groups excluding carboxylic acids is 1. The van der Waals surface area contributed by atoms with Gasteiger partial charge in [0, 0.05) is 25.3 Å².